The quantitative estimate of drug-likeness (QED) is 0.387. The zero-order valence-electron chi connectivity index (χ0n) is 17.5. The van der Waals surface area contributed by atoms with E-state index in [1.807, 2.05) is 43.3 Å². The third-order valence-corrected chi connectivity index (χ3v) is 5.01. The Kier molecular flexibility index (Phi) is 6.18. The van der Waals surface area contributed by atoms with Crippen LogP contribution in [0, 0.1) is 0 Å². The number of ether oxygens (including phenoxy) is 3. The molecule has 0 bridgehead atoms. The van der Waals surface area contributed by atoms with Crippen LogP contribution in [0.5, 0.6) is 17.2 Å². The van der Waals surface area contributed by atoms with Crippen molar-refractivity contribution in [2.75, 3.05) is 20.3 Å². The standard InChI is InChI=1S/C25H27N2O3/c1-3-29-24-13-6-7-14-25(24)30-16-15-26-19-27(23-12-5-4-11-22(23)26)18-20-9-8-10-21(17-20)28-2/h4-14,17,19H,3,15-16,18H2,1-2H3/q+1. The number of nitrogens with zero attached hydrogens (tertiary/aromatic N) is 2. The van der Waals surface area contributed by atoms with Gasteiger partial charge in [-0.05, 0) is 48.9 Å². The van der Waals surface area contributed by atoms with Crippen LogP contribution in [0.4, 0.5) is 0 Å². The van der Waals surface area contributed by atoms with E-state index >= 15 is 0 Å². The summed E-state index contributed by atoms with van der Waals surface area (Å²) in [6, 6.07) is 24.4. The van der Waals surface area contributed by atoms with Crippen molar-refractivity contribution in [3.8, 4) is 17.2 Å². The molecule has 0 saturated heterocycles. The molecule has 4 aromatic rings. The van der Waals surface area contributed by atoms with E-state index in [-0.39, 0.29) is 0 Å². The summed E-state index contributed by atoms with van der Waals surface area (Å²) in [6.45, 7) is 4.67. The van der Waals surface area contributed by atoms with Gasteiger partial charge in [-0.15, -0.1) is 0 Å². The van der Waals surface area contributed by atoms with Gasteiger partial charge in [0.15, 0.2) is 22.5 Å². The Bertz CT molecular complexity index is 1120. The Morgan fingerprint density at radius 1 is 0.867 bits per heavy atom. The lowest BCUT2D eigenvalue weighted by Crippen LogP contribution is -2.32. The maximum Gasteiger partial charge on any atom is 0.245 e. The van der Waals surface area contributed by atoms with Gasteiger partial charge >= 0.3 is 0 Å². The number of hydrogen-bond donors (Lipinski definition) is 0. The Labute approximate surface area is 177 Å². The molecule has 0 radical (unpaired) electrons. The molecular weight excluding hydrogens is 376 g/mol. The molecule has 0 saturated carbocycles. The molecule has 0 atom stereocenters. The highest BCUT2D eigenvalue weighted by Crippen LogP contribution is 2.26. The van der Waals surface area contributed by atoms with Gasteiger partial charge in [-0.25, -0.2) is 9.13 Å². The van der Waals surface area contributed by atoms with E-state index in [1.165, 1.54) is 16.6 Å². The van der Waals surface area contributed by atoms with Gasteiger partial charge in [-0.2, -0.15) is 0 Å². The Morgan fingerprint density at radius 3 is 2.43 bits per heavy atom. The molecule has 1 aromatic heterocycles. The summed E-state index contributed by atoms with van der Waals surface area (Å²) in [7, 11) is 1.70. The molecule has 5 heteroatoms. The molecule has 1 heterocycles. The number of para-hydroxylation sites is 4. The average molecular weight is 404 g/mol. The number of rotatable bonds is 9. The fraction of sp³-hybridized carbons (Fsp3) is 0.240. The van der Waals surface area contributed by atoms with Crippen molar-refractivity contribution in [1.29, 1.82) is 0 Å². The van der Waals surface area contributed by atoms with Crippen LogP contribution in [0.15, 0.2) is 79.1 Å². The van der Waals surface area contributed by atoms with E-state index in [1.54, 1.807) is 7.11 Å². The predicted molar refractivity (Wildman–Crippen MR) is 117 cm³/mol. The molecule has 0 unspecified atom stereocenters. The molecule has 0 aliphatic carbocycles. The summed E-state index contributed by atoms with van der Waals surface area (Å²) in [5.41, 5.74) is 3.57. The van der Waals surface area contributed by atoms with Crippen molar-refractivity contribution in [3.63, 3.8) is 0 Å². The third kappa shape index (κ3) is 4.40. The van der Waals surface area contributed by atoms with Crippen LogP contribution in [0.2, 0.25) is 0 Å². The first-order chi connectivity index (χ1) is 14.8. The molecule has 4 rings (SSSR count). The summed E-state index contributed by atoms with van der Waals surface area (Å²) < 4.78 is 21.5. The highest BCUT2D eigenvalue weighted by Gasteiger charge is 2.16. The second-order valence-corrected chi connectivity index (χ2v) is 7.01. The van der Waals surface area contributed by atoms with Crippen LogP contribution in [0.1, 0.15) is 12.5 Å². The minimum absolute atomic E-state index is 0.557. The van der Waals surface area contributed by atoms with Gasteiger partial charge in [0, 0.05) is 0 Å². The summed E-state index contributed by atoms with van der Waals surface area (Å²) in [6.07, 6.45) is 2.15. The summed E-state index contributed by atoms with van der Waals surface area (Å²) >= 11 is 0. The van der Waals surface area contributed by atoms with Crippen molar-refractivity contribution in [1.82, 2.24) is 4.57 Å². The summed E-state index contributed by atoms with van der Waals surface area (Å²) in [4.78, 5) is 0. The van der Waals surface area contributed by atoms with Gasteiger partial charge in [-0.3, -0.25) is 0 Å². The number of hydrogen-bond acceptors (Lipinski definition) is 3. The lowest BCUT2D eigenvalue weighted by molar-refractivity contribution is -0.663. The maximum absolute atomic E-state index is 6.03. The highest BCUT2D eigenvalue weighted by molar-refractivity contribution is 5.71. The lowest BCUT2D eigenvalue weighted by Gasteiger charge is -2.10. The largest absolute Gasteiger partial charge is 0.497 e. The first kappa shape index (κ1) is 19.8. The Hall–Kier alpha value is -3.47. The molecule has 0 aliphatic rings. The summed E-state index contributed by atoms with van der Waals surface area (Å²) in [5.74, 6) is 2.43. The zero-order chi connectivity index (χ0) is 20.8. The third-order valence-electron chi connectivity index (χ3n) is 5.01. The van der Waals surface area contributed by atoms with Gasteiger partial charge < -0.3 is 14.2 Å². The minimum atomic E-state index is 0.557. The van der Waals surface area contributed by atoms with Crippen LogP contribution in [-0.4, -0.2) is 24.9 Å². The number of imidazole rings is 1. The van der Waals surface area contributed by atoms with Gasteiger partial charge in [0.1, 0.15) is 25.4 Å². The van der Waals surface area contributed by atoms with E-state index in [2.05, 4.69) is 51.9 Å². The van der Waals surface area contributed by atoms with Crippen LogP contribution in [0.25, 0.3) is 11.0 Å². The molecule has 154 valence electrons. The van der Waals surface area contributed by atoms with E-state index in [4.69, 9.17) is 14.2 Å². The van der Waals surface area contributed by atoms with Gasteiger partial charge in [0.05, 0.1) is 13.7 Å². The molecular formula is C25H27N2O3+. The zero-order valence-corrected chi connectivity index (χ0v) is 17.5. The topological polar surface area (TPSA) is 36.5 Å². The van der Waals surface area contributed by atoms with Gasteiger partial charge in [0.2, 0.25) is 6.33 Å². The fourth-order valence-corrected chi connectivity index (χ4v) is 3.61. The molecule has 3 aromatic carbocycles. The maximum atomic E-state index is 6.03. The monoisotopic (exact) mass is 403 g/mol. The van der Waals surface area contributed by atoms with Crippen molar-refractivity contribution >= 4 is 11.0 Å². The number of benzene rings is 3. The second-order valence-electron chi connectivity index (χ2n) is 7.01. The van der Waals surface area contributed by atoms with Crippen LogP contribution in [-0.2, 0) is 13.1 Å². The molecule has 0 spiro atoms. The molecule has 0 fully saturated rings. The minimum Gasteiger partial charge on any atom is -0.497 e. The van der Waals surface area contributed by atoms with Gasteiger partial charge in [0.25, 0.3) is 0 Å². The van der Waals surface area contributed by atoms with Crippen molar-refractivity contribution in [3.05, 3.63) is 84.7 Å². The molecule has 0 N–H and O–H groups in total. The average Bonchev–Trinajstić information content (AvgIpc) is 3.13. The molecule has 5 nitrogen and oxygen atoms in total. The van der Waals surface area contributed by atoms with E-state index in [0.717, 1.165) is 30.3 Å². The van der Waals surface area contributed by atoms with Crippen LogP contribution >= 0.6 is 0 Å². The SMILES string of the molecule is CCOc1ccccc1OCCn1c[n+](Cc2cccc(OC)c2)c2ccccc21. The lowest BCUT2D eigenvalue weighted by atomic mass is 10.2. The first-order valence-corrected chi connectivity index (χ1v) is 10.2. The van der Waals surface area contributed by atoms with E-state index < -0.39 is 0 Å². The van der Waals surface area contributed by atoms with Crippen molar-refractivity contribution < 1.29 is 18.8 Å². The first-order valence-electron chi connectivity index (χ1n) is 10.2. The van der Waals surface area contributed by atoms with E-state index in [0.29, 0.717) is 13.2 Å². The summed E-state index contributed by atoms with van der Waals surface area (Å²) in [5, 5.41) is 0. The van der Waals surface area contributed by atoms with E-state index in [9.17, 15) is 0 Å². The Balaban J connectivity index is 1.52. The van der Waals surface area contributed by atoms with Crippen LogP contribution in [0.3, 0.4) is 0 Å². The predicted octanol–water partition coefficient (Wildman–Crippen LogP) is 4.46. The molecule has 0 aliphatic heterocycles. The van der Waals surface area contributed by atoms with Crippen LogP contribution < -0.4 is 18.8 Å². The highest BCUT2D eigenvalue weighted by atomic mass is 16.5. The van der Waals surface area contributed by atoms with Crippen molar-refractivity contribution in [2.45, 2.75) is 20.0 Å². The number of aromatic nitrogens is 2. The number of fused-ring (bicyclic) bond motifs is 1. The smallest absolute Gasteiger partial charge is 0.245 e. The second kappa shape index (κ2) is 9.35. The molecule has 30 heavy (non-hydrogen) atoms. The Morgan fingerprint density at radius 2 is 1.63 bits per heavy atom. The van der Waals surface area contributed by atoms with Crippen molar-refractivity contribution in [2.24, 2.45) is 0 Å². The number of methoxy groups -OCH3 is 1. The molecule has 0 amide bonds. The fourth-order valence-electron chi connectivity index (χ4n) is 3.61. The normalized spacial score (nSPS) is 10.9. The van der Waals surface area contributed by atoms with Gasteiger partial charge in [-0.1, -0.05) is 36.4 Å².